The summed E-state index contributed by atoms with van der Waals surface area (Å²) in [4.78, 5) is 22.0. The molecule has 0 aliphatic heterocycles. The number of carbonyl (C=O) groups is 1. The lowest BCUT2D eigenvalue weighted by atomic mass is 10.1. The first-order valence-corrected chi connectivity index (χ1v) is 8.89. The van der Waals surface area contributed by atoms with Gasteiger partial charge in [0.25, 0.3) is 21.7 Å². The van der Waals surface area contributed by atoms with E-state index in [9.17, 15) is 33.0 Å². The second kappa shape index (κ2) is 6.67. The quantitative estimate of drug-likeness (QED) is 0.354. The molecule has 3 N–H and O–H groups in total. The van der Waals surface area contributed by atoms with Crippen LogP contribution in [0.2, 0.25) is 0 Å². The van der Waals surface area contributed by atoms with Crippen molar-refractivity contribution >= 4 is 38.2 Å². The van der Waals surface area contributed by atoms with E-state index in [1.54, 1.807) is 0 Å². The van der Waals surface area contributed by atoms with E-state index in [1.165, 1.54) is 42.5 Å². The zero-order valence-electron chi connectivity index (χ0n) is 13.5. The predicted molar refractivity (Wildman–Crippen MR) is 96.5 cm³/mol. The SMILES string of the molecule is O=C(Nc1cc2cc(O)ccc2cc1S(=O)(=O)O)c1cccc([N+](=O)[O-])c1. The number of fused-ring (bicyclic) bond motifs is 1. The number of hydrogen-bond acceptors (Lipinski definition) is 6. The van der Waals surface area contributed by atoms with Crippen LogP contribution in [0.5, 0.6) is 5.75 Å². The van der Waals surface area contributed by atoms with Crippen molar-refractivity contribution in [2.45, 2.75) is 4.90 Å². The number of benzene rings is 3. The number of aromatic hydroxyl groups is 1. The molecule has 0 saturated heterocycles. The average Bonchev–Trinajstić information content (AvgIpc) is 2.60. The van der Waals surface area contributed by atoms with E-state index in [2.05, 4.69) is 5.32 Å². The molecule has 0 aliphatic carbocycles. The Morgan fingerprint density at radius 3 is 2.44 bits per heavy atom. The molecular weight excluding hydrogens is 376 g/mol. The van der Waals surface area contributed by atoms with Crippen LogP contribution in [0.15, 0.2) is 59.5 Å². The van der Waals surface area contributed by atoms with Crippen molar-refractivity contribution in [1.82, 2.24) is 0 Å². The third-order valence-electron chi connectivity index (χ3n) is 3.77. The molecule has 3 aromatic rings. The smallest absolute Gasteiger partial charge is 0.296 e. The maximum atomic E-state index is 12.4. The molecule has 0 fully saturated rings. The molecule has 0 bridgehead atoms. The summed E-state index contributed by atoms with van der Waals surface area (Å²) in [5.74, 6) is -0.874. The third-order valence-corrected chi connectivity index (χ3v) is 4.66. The number of amides is 1. The van der Waals surface area contributed by atoms with Gasteiger partial charge in [-0.1, -0.05) is 12.1 Å². The Hall–Kier alpha value is -3.50. The van der Waals surface area contributed by atoms with E-state index in [-0.39, 0.29) is 22.7 Å². The standard InChI is InChI=1S/C17H12N2O7S/c20-14-5-4-10-9-16(27(24,25)26)15(8-12(10)7-14)18-17(21)11-2-1-3-13(6-11)19(22)23/h1-9,20H,(H,18,21)(H,24,25,26). The van der Waals surface area contributed by atoms with Crippen LogP contribution >= 0.6 is 0 Å². The van der Waals surface area contributed by atoms with E-state index >= 15 is 0 Å². The molecule has 9 nitrogen and oxygen atoms in total. The van der Waals surface area contributed by atoms with Crippen molar-refractivity contribution in [2.24, 2.45) is 0 Å². The predicted octanol–water partition coefficient (Wildman–Crippen LogP) is 2.95. The summed E-state index contributed by atoms with van der Waals surface area (Å²) in [6.45, 7) is 0. The van der Waals surface area contributed by atoms with E-state index in [0.29, 0.717) is 10.8 Å². The molecule has 3 aromatic carbocycles. The Labute approximate surface area is 152 Å². The highest BCUT2D eigenvalue weighted by atomic mass is 32.2. The summed E-state index contributed by atoms with van der Waals surface area (Å²) in [6, 6.07) is 11.4. The lowest BCUT2D eigenvalue weighted by Crippen LogP contribution is -2.15. The summed E-state index contributed by atoms with van der Waals surface area (Å²) < 4.78 is 32.8. The van der Waals surface area contributed by atoms with Gasteiger partial charge in [-0.15, -0.1) is 0 Å². The third kappa shape index (κ3) is 3.86. The number of hydrogen-bond donors (Lipinski definition) is 3. The first-order chi connectivity index (χ1) is 12.6. The largest absolute Gasteiger partial charge is 0.508 e. The second-order valence-electron chi connectivity index (χ2n) is 5.62. The zero-order valence-corrected chi connectivity index (χ0v) is 14.3. The Morgan fingerprint density at radius 1 is 1.04 bits per heavy atom. The van der Waals surface area contributed by atoms with Crippen LogP contribution in [0.3, 0.4) is 0 Å². The van der Waals surface area contributed by atoms with Crippen LogP contribution < -0.4 is 5.32 Å². The molecule has 0 radical (unpaired) electrons. The zero-order chi connectivity index (χ0) is 19.8. The number of anilines is 1. The number of non-ortho nitro benzene ring substituents is 1. The molecule has 27 heavy (non-hydrogen) atoms. The number of phenols is 1. The Bertz CT molecular complexity index is 1190. The highest BCUT2D eigenvalue weighted by Crippen LogP contribution is 2.30. The number of nitro benzene ring substituents is 1. The molecule has 0 aromatic heterocycles. The minimum absolute atomic E-state index is 0.0681. The first-order valence-electron chi connectivity index (χ1n) is 7.45. The maximum Gasteiger partial charge on any atom is 0.296 e. The van der Waals surface area contributed by atoms with Crippen LogP contribution in [-0.2, 0) is 10.1 Å². The van der Waals surface area contributed by atoms with Gasteiger partial charge < -0.3 is 10.4 Å². The number of nitrogens with one attached hydrogen (secondary N) is 1. The molecule has 0 atom stereocenters. The molecule has 0 heterocycles. The minimum atomic E-state index is -4.67. The Kier molecular flexibility index (Phi) is 4.52. The molecule has 10 heteroatoms. The van der Waals surface area contributed by atoms with Crippen molar-refractivity contribution in [1.29, 1.82) is 0 Å². The maximum absolute atomic E-state index is 12.4. The van der Waals surface area contributed by atoms with E-state index in [4.69, 9.17) is 0 Å². The molecular formula is C17H12N2O7S. The molecule has 0 aliphatic rings. The fourth-order valence-electron chi connectivity index (χ4n) is 2.53. The van der Waals surface area contributed by atoms with E-state index in [0.717, 1.165) is 12.1 Å². The fourth-order valence-corrected chi connectivity index (χ4v) is 3.19. The van der Waals surface area contributed by atoms with Crippen LogP contribution in [0.25, 0.3) is 10.8 Å². The monoisotopic (exact) mass is 388 g/mol. The number of phenolic OH excluding ortho intramolecular Hbond substituents is 1. The lowest BCUT2D eigenvalue weighted by Gasteiger charge is -2.11. The van der Waals surface area contributed by atoms with Gasteiger partial charge in [0.05, 0.1) is 10.6 Å². The van der Waals surface area contributed by atoms with Gasteiger partial charge in [-0.3, -0.25) is 19.5 Å². The Morgan fingerprint density at radius 2 is 1.78 bits per heavy atom. The highest BCUT2D eigenvalue weighted by Gasteiger charge is 2.20. The van der Waals surface area contributed by atoms with Crippen LogP contribution in [-0.4, -0.2) is 28.9 Å². The topological polar surface area (TPSA) is 147 Å². The number of nitro groups is 1. The minimum Gasteiger partial charge on any atom is -0.508 e. The van der Waals surface area contributed by atoms with Gasteiger partial charge in [-0.05, 0) is 41.1 Å². The van der Waals surface area contributed by atoms with Crippen molar-refractivity contribution < 1.29 is 27.8 Å². The van der Waals surface area contributed by atoms with Crippen molar-refractivity contribution in [3.63, 3.8) is 0 Å². The van der Waals surface area contributed by atoms with Crippen LogP contribution in [0.1, 0.15) is 10.4 Å². The van der Waals surface area contributed by atoms with Gasteiger partial charge in [0.1, 0.15) is 10.6 Å². The second-order valence-corrected chi connectivity index (χ2v) is 7.01. The van der Waals surface area contributed by atoms with Gasteiger partial charge in [0.2, 0.25) is 0 Å². The number of rotatable bonds is 4. The summed E-state index contributed by atoms with van der Waals surface area (Å²) in [7, 11) is -4.67. The van der Waals surface area contributed by atoms with Gasteiger partial charge >= 0.3 is 0 Å². The molecule has 138 valence electrons. The average molecular weight is 388 g/mol. The lowest BCUT2D eigenvalue weighted by molar-refractivity contribution is -0.384. The van der Waals surface area contributed by atoms with Crippen LogP contribution in [0, 0.1) is 10.1 Å². The molecule has 0 saturated carbocycles. The molecule has 3 rings (SSSR count). The van der Waals surface area contributed by atoms with E-state index < -0.39 is 25.8 Å². The van der Waals surface area contributed by atoms with Gasteiger partial charge in [0.15, 0.2) is 0 Å². The fraction of sp³-hybridized carbons (Fsp3) is 0. The van der Waals surface area contributed by atoms with Gasteiger partial charge in [0, 0.05) is 17.7 Å². The highest BCUT2D eigenvalue weighted by molar-refractivity contribution is 7.86. The first kappa shape index (κ1) is 18.3. The summed E-state index contributed by atoms with van der Waals surface area (Å²) in [5.41, 5.74) is -0.602. The van der Waals surface area contributed by atoms with Gasteiger partial charge in [-0.25, -0.2) is 0 Å². The molecule has 0 unspecified atom stereocenters. The van der Waals surface area contributed by atoms with Crippen molar-refractivity contribution in [2.75, 3.05) is 5.32 Å². The van der Waals surface area contributed by atoms with Crippen molar-refractivity contribution in [3.05, 3.63) is 70.3 Å². The summed E-state index contributed by atoms with van der Waals surface area (Å²) >= 11 is 0. The summed E-state index contributed by atoms with van der Waals surface area (Å²) in [5, 5.41) is 23.6. The summed E-state index contributed by atoms with van der Waals surface area (Å²) in [6.07, 6.45) is 0. The van der Waals surface area contributed by atoms with Crippen LogP contribution in [0.4, 0.5) is 11.4 Å². The van der Waals surface area contributed by atoms with Crippen molar-refractivity contribution in [3.8, 4) is 5.75 Å². The number of nitrogens with zero attached hydrogens (tertiary/aromatic N) is 1. The normalized spacial score (nSPS) is 11.3. The Balaban J connectivity index is 2.08. The van der Waals surface area contributed by atoms with Gasteiger partial charge in [-0.2, -0.15) is 8.42 Å². The molecule has 0 spiro atoms. The van der Waals surface area contributed by atoms with E-state index in [1.807, 2.05) is 0 Å². The number of carbonyl (C=O) groups excluding carboxylic acids is 1. The molecule has 1 amide bonds.